The number of ketones is 1. The van der Waals surface area contributed by atoms with Crippen molar-refractivity contribution in [2.75, 3.05) is 13.2 Å². The molecule has 6 N–H and O–H groups in total. The number of nitrogens with zero attached hydrogens (tertiary/aromatic N) is 1. The van der Waals surface area contributed by atoms with E-state index >= 15 is 0 Å². The Labute approximate surface area is 212 Å². The zero-order valence-corrected chi connectivity index (χ0v) is 20.2. The number of carbonyl (C=O) groups is 3. The van der Waals surface area contributed by atoms with Crippen molar-refractivity contribution in [2.24, 2.45) is 0 Å². The second-order valence-corrected chi connectivity index (χ2v) is 8.10. The molecule has 1 amide bonds. The quantitative estimate of drug-likeness (QED) is 0.0798. The summed E-state index contributed by atoms with van der Waals surface area (Å²) in [5, 5.41) is 41.4. The summed E-state index contributed by atoms with van der Waals surface area (Å²) >= 11 is 0. The third kappa shape index (κ3) is 9.21. The number of nitrogens with one attached hydrogen (secondary N) is 2. The van der Waals surface area contributed by atoms with Crippen LogP contribution in [0.25, 0.3) is 0 Å². The number of benzene rings is 1. The highest BCUT2D eigenvalue weighted by atomic mass is 16.7. The smallest absolute Gasteiger partial charge is 0.408 e. The van der Waals surface area contributed by atoms with Gasteiger partial charge in [-0.1, -0.05) is 12.1 Å². The first kappa shape index (κ1) is 29.8. The molecule has 0 saturated carbocycles. The van der Waals surface area contributed by atoms with E-state index < -0.39 is 55.4 Å². The number of rotatable bonds is 13. The van der Waals surface area contributed by atoms with Crippen molar-refractivity contribution in [1.82, 2.24) is 5.32 Å². The molecule has 0 bridgehead atoms. The molecule has 204 valence electrons. The van der Waals surface area contributed by atoms with E-state index in [1.807, 2.05) is 0 Å². The second kappa shape index (κ2) is 15.0. The van der Waals surface area contributed by atoms with Gasteiger partial charge in [-0.15, -0.1) is 0 Å². The number of ether oxygens (including phenoxy) is 4. The van der Waals surface area contributed by atoms with Crippen molar-refractivity contribution in [3.63, 3.8) is 0 Å². The fraction of sp³-hybridized carbons (Fsp3) is 0.565. The van der Waals surface area contributed by atoms with Crippen molar-refractivity contribution in [1.29, 1.82) is 5.53 Å². The molecule has 0 spiro atoms. The Kier molecular flexibility index (Phi) is 12.1. The Morgan fingerprint density at radius 2 is 1.84 bits per heavy atom. The molecular formula is C23H32N3O11+. The summed E-state index contributed by atoms with van der Waals surface area (Å²) in [6.45, 7) is 0.986. The van der Waals surface area contributed by atoms with Crippen LogP contribution in [0.4, 0.5) is 4.79 Å². The Bertz CT molecular complexity index is 950. The number of hydrogen-bond donors (Lipinski definition) is 6. The SMILES string of the molecule is CCOC(=O)[C@H](CCCC(=O)C=[N+]=N)NC(=O)OCc1ccc(O[C@@H]2O[C@H](CO)[C@@H](O)[C@H](O)[C@H]2O)cc1. The minimum absolute atomic E-state index is 0.0482. The average molecular weight is 527 g/mol. The lowest BCUT2D eigenvalue weighted by Gasteiger charge is -2.39. The fourth-order valence-corrected chi connectivity index (χ4v) is 3.40. The van der Waals surface area contributed by atoms with Crippen molar-refractivity contribution in [2.45, 2.75) is 69.5 Å². The van der Waals surface area contributed by atoms with Gasteiger partial charge in [-0.2, -0.15) is 0 Å². The van der Waals surface area contributed by atoms with Crippen LogP contribution in [0.15, 0.2) is 24.3 Å². The van der Waals surface area contributed by atoms with Gasteiger partial charge in [0.25, 0.3) is 0 Å². The topological polar surface area (TPSA) is 219 Å². The van der Waals surface area contributed by atoms with Gasteiger partial charge in [-0.05, 0) is 37.5 Å². The fourth-order valence-electron chi connectivity index (χ4n) is 3.40. The summed E-state index contributed by atoms with van der Waals surface area (Å²) < 4.78 is 20.9. The van der Waals surface area contributed by atoms with E-state index in [9.17, 15) is 34.8 Å². The first-order valence-corrected chi connectivity index (χ1v) is 11.6. The molecule has 37 heavy (non-hydrogen) atoms. The Balaban J connectivity index is 1.87. The molecule has 0 radical (unpaired) electrons. The maximum atomic E-state index is 12.2. The van der Waals surface area contributed by atoms with E-state index in [0.717, 1.165) is 6.21 Å². The van der Waals surface area contributed by atoms with Crippen LogP contribution in [0.2, 0.25) is 0 Å². The van der Waals surface area contributed by atoms with Crippen LogP contribution in [0.3, 0.4) is 0 Å². The van der Waals surface area contributed by atoms with Crippen LogP contribution >= 0.6 is 0 Å². The van der Waals surface area contributed by atoms with Gasteiger partial charge in [-0.3, -0.25) is 4.79 Å². The maximum absolute atomic E-state index is 12.2. The maximum Gasteiger partial charge on any atom is 0.408 e. The third-order valence-corrected chi connectivity index (χ3v) is 5.38. The molecule has 14 nitrogen and oxygen atoms in total. The molecule has 0 aromatic heterocycles. The lowest BCUT2D eigenvalue weighted by Crippen LogP contribution is -2.60. The standard InChI is InChI=1S/C23H31N3O11/c1-2-34-21(32)16(5-3-4-14(28)10-25-24)26-23(33)35-12-13-6-8-15(9-7-13)36-22-20(31)19(30)18(29)17(11-27)37-22/h6-10,16-20,22,24,27,29-31H,2-5,11-12H2,1H3/p+1/t16-,17+,18+,19-,20+,22+/m0/s1. The Morgan fingerprint density at radius 1 is 1.14 bits per heavy atom. The van der Waals surface area contributed by atoms with Crippen LogP contribution in [0, 0.1) is 5.53 Å². The number of hydrogen-bond acceptors (Lipinski definition) is 12. The van der Waals surface area contributed by atoms with Gasteiger partial charge >= 0.3 is 18.3 Å². The summed E-state index contributed by atoms with van der Waals surface area (Å²) in [5.74, 6) is -0.806. The Hall–Kier alpha value is -3.39. The lowest BCUT2D eigenvalue weighted by atomic mass is 9.99. The molecular weight excluding hydrogens is 494 g/mol. The van der Waals surface area contributed by atoms with Crippen molar-refractivity contribution in [3.05, 3.63) is 29.8 Å². The zero-order valence-electron chi connectivity index (χ0n) is 20.2. The average Bonchev–Trinajstić information content (AvgIpc) is 2.88. The van der Waals surface area contributed by atoms with E-state index in [1.165, 1.54) is 12.1 Å². The van der Waals surface area contributed by atoms with Crippen LogP contribution < -0.4 is 10.1 Å². The lowest BCUT2D eigenvalue weighted by molar-refractivity contribution is -0.277. The molecule has 0 aliphatic carbocycles. The van der Waals surface area contributed by atoms with Crippen LogP contribution in [-0.4, -0.2) is 99.2 Å². The molecule has 1 aromatic rings. The summed E-state index contributed by atoms with van der Waals surface area (Å²) in [5.41, 5.74) is 7.20. The molecule has 1 aliphatic rings. The van der Waals surface area contributed by atoms with Gasteiger partial charge in [0.1, 0.15) is 42.8 Å². The van der Waals surface area contributed by atoms with Gasteiger partial charge < -0.3 is 44.7 Å². The van der Waals surface area contributed by atoms with Gasteiger partial charge in [0.2, 0.25) is 12.1 Å². The molecule has 1 aromatic carbocycles. The molecule has 2 rings (SSSR count). The molecule has 14 heteroatoms. The molecule has 1 aliphatic heterocycles. The molecule has 1 fully saturated rings. The number of aliphatic hydroxyl groups excluding tert-OH is 4. The molecule has 6 atom stereocenters. The van der Waals surface area contributed by atoms with E-state index in [4.69, 9.17) is 24.5 Å². The van der Waals surface area contributed by atoms with Gasteiger partial charge in [-0.25, -0.2) is 9.59 Å². The van der Waals surface area contributed by atoms with Gasteiger partial charge in [0.05, 0.1) is 23.5 Å². The predicted octanol–water partition coefficient (Wildman–Crippen LogP) is -0.927. The normalized spacial score (nSPS) is 23.8. The van der Waals surface area contributed by atoms with Crippen LogP contribution in [0.1, 0.15) is 31.7 Å². The summed E-state index contributed by atoms with van der Waals surface area (Å²) in [4.78, 5) is 38.7. The first-order chi connectivity index (χ1) is 17.7. The van der Waals surface area contributed by atoms with Crippen LogP contribution in [0.5, 0.6) is 5.75 Å². The van der Waals surface area contributed by atoms with Crippen LogP contribution in [-0.2, 0) is 30.4 Å². The molecule has 0 unspecified atom stereocenters. The second-order valence-electron chi connectivity index (χ2n) is 8.10. The third-order valence-electron chi connectivity index (χ3n) is 5.38. The number of aliphatic hydroxyl groups is 4. The minimum atomic E-state index is -1.57. The van der Waals surface area contributed by atoms with Crippen molar-refractivity contribution in [3.8, 4) is 5.75 Å². The summed E-state index contributed by atoms with van der Waals surface area (Å²) in [7, 11) is 0. The van der Waals surface area contributed by atoms with Crippen molar-refractivity contribution >= 4 is 24.1 Å². The number of Topliss-reactive ketones (excluding diaryl/α,β-unsaturated/α-hetero) is 1. The number of esters is 1. The van der Waals surface area contributed by atoms with E-state index in [2.05, 4.69) is 10.1 Å². The minimum Gasteiger partial charge on any atom is -0.464 e. The van der Waals surface area contributed by atoms with Gasteiger partial charge in [0, 0.05) is 6.42 Å². The highest BCUT2D eigenvalue weighted by Gasteiger charge is 2.44. The highest BCUT2D eigenvalue weighted by Crippen LogP contribution is 2.24. The molecule has 1 heterocycles. The largest absolute Gasteiger partial charge is 0.464 e. The van der Waals surface area contributed by atoms with Gasteiger partial charge in [0.15, 0.2) is 0 Å². The zero-order chi connectivity index (χ0) is 27.4. The first-order valence-electron chi connectivity index (χ1n) is 11.6. The summed E-state index contributed by atoms with van der Waals surface area (Å²) in [6, 6.07) is 5.10. The molecule has 1 saturated heterocycles. The van der Waals surface area contributed by atoms with E-state index in [1.54, 1.807) is 19.1 Å². The van der Waals surface area contributed by atoms with E-state index in [-0.39, 0.29) is 44.0 Å². The predicted molar refractivity (Wildman–Crippen MR) is 122 cm³/mol. The van der Waals surface area contributed by atoms with Crippen molar-refractivity contribution < 1.29 is 58.5 Å². The number of alkyl carbamates (subject to hydrolysis) is 1. The number of carbonyl (C=O) groups excluding carboxylic acids is 3. The summed E-state index contributed by atoms with van der Waals surface area (Å²) in [6.07, 6.45) is -6.66. The number of amides is 1. The monoisotopic (exact) mass is 526 g/mol. The Morgan fingerprint density at radius 3 is 2.46 bits per heavy atom. The van der Waals surface area contributed by atoms with E-state index in [0.29, 0.717) is 5.56 Å². The highest BCUT2D eigenvalue weighted by molar-refractivity contribution is 6.25.